The van der Waals surface area contributed by atoms with Gasteiger partial charge in [-0.1, -0.05) is 12.8 Å². The van der Waals surface area contributed by atoms with Crippen LogP contribution in [0.4, 0.5) is 11.4 Å². The number of likely N-dealkylation sites (N-methyl/N-ethyl adjacent to an activating group) is 1. The molecule has 0 radical (unpaired) electrons. The summed E-state index contributed by atoms with van der Waals surface area (Å²) in [4.78, 5) is 28.2. The number of anilines is 2. The zero-order chi connectivity index (χ0) is 19.1. The highest BCUT2D eigenvalue weighted by Gasteiger charge is 2.19. The van der Waals surface area contributed by atoms with Crippen LogP contribution in [0.15, 0.2) is 24.3 Å². The summed E-state index contributed by atoms with van der Waals surface area (Å²) in [6, 6.07) is 7.82. The lowest BCUT2D eigenvalue weighted by Gasteiger charge is -2.28. The minimum Gasteiger partial charge on any atom is -0.378 e. The molecule has 7 heteroatoms. The molecule has 2 amide bonds. The monoisotopic (exact) mass is 391 g/mol. The van der Waals surface area contributed by atoms with Gasteiger partial charge < -0.3 is 19.9 Å². The topological polar surface area (TPSA) is 61.9 Å². The zero-order valence-electron chi connectivity index (χ0n) is 16.0. The van der Waals surface area contributed by atoms with Gasteiger partial charge in [0.15, 0.2) is 0 Å². The van der Waals surface area contributed by atoms with E-state index in [1.54, 1.807) is 18.8 Å². The molecular weight excluding hydrogens is 362 g/mol. The molecule has 2 fully saturated rings. The molecule has 3 rings (SSSR count). The van der Waals surface area contributed by atoms with Gasteiger partial charge in [0, 0.05) is 36.8 Å². The molecule has 1 saturated heterocycles. The van der Waals surface area contributed by atoms with E-state index in [9.17, 15) is 9.59 Å². The molecule has 1 saturated carbocycles. The summed E-state index contributed by atoms with van der Waals surface area (Å²) in [6.07, 6.45) is 4.97. The molecule has 1 aliphatic heterocycles. The Bertz CT molecular complexity index is 626. The second kappa shape index (κ2) is 9.99. The van der Waals surface area contributed by atoms with E-state index in [1.807, 2.05) is 24.3 Å². The van der Waals surface area contributed by atoms with Crippen LogP contribution >= 0.6 is 11.8 Å². The number of ether oxygens (including phenoxy) is 1. The number of carbonyl (C=O) groups excluding carboxylic acids is 2. The third-order valence-corrected chi connectivity index (χ3v) is 6.43. The van der Waals surface area contributed by atoms with Gasteiger partial charge in [-0.15, -0.1) is 11.8 Å². The molecule has 1 heterocycles. The predicted molar refractivity (Wildman–Crippen MR) is 110 cm³/mol. The molecule has 0 bridgehead atoms. The summed E-state index contributed by atoms with van der Waals surface area (Å²) in [5, 5.41) is 3.48. The van der Waals surface area contributed by atoms with E-state index in [1.165, 1.54) is 30.6 Å². The van der Waals surface area contributed by atoms with Crippen molar-refractivity contribution in [3.8, 4) is 0 Å². The Balaban J connectivity index is 1.41. The lowest BCUT2D eigenvalue weighted by atomic mass is 10.2. The predicted octanol–water partition coefficient (Wildman–Crippen LogP) is 2.60. The van der Waals surface area contributed by atoms with Gasteiger partial charge >= 0.3 is 0 Å². The quantitative estimate of drug-likeness (QED) is 0.774. The van der Waals surface area contributed by atoms with E-state index in [0.717, 1.165) is 37.7 Å². The van der Waals surface area contributed by atoms with Crippen molar-refractivity contribution in [1.82, 2.24) is 4.90 Å². The molecule has 0 spiro atoms. The van der Waals surface area contributed by atoms with E-state index >= 15 is 0 Å². The molecule has 27 heavy (non-hydrogen) atoms. The van der Waals surface area contributed by atoms with Gasteiger partial charge in [-0.2, -0.15) is 0 Å². The molecule has 6 nitrogen and oxygen atoms in total. The van der Waals surface area contributed by atoms with Crippen molar-refractivity contribution in [3.05, 3.63) is 24.3 Å². The largest absolute Gasteiger partial charge is 0.378 e. The van der Waals surface area contributed by atoms with Gasteiger partial charge in [0.1, 0.15) is 0 Å². The fourth-order valence-corrected chi connectivity index (χ4v) is 4.70. The number of rotatable bonds is 7. The zero-order valence-corrected chi connectivity index (χ0v) is 16.8. The minimum atomic E-state index is -0.171. The van der Waals surface area contributed by atoms with Gasteiger partial charge in [-0.25, -0.2) is 0 Å². The second-order valence-electron chi connectivity index (χ2n) is 7.16. The van der Waals surface area contributed by atoms with Crippen molar-refractivity contribution in [2.75, 3.05) is 55.9 Å². The fraction of sp³-hybridized carbons (Fsp3) is 0.600. The fourth-order valence-electron chi connectivity index (χ4n) is 3.44. The maximum atomic E-state index is 12.2. The molecule has 0 aromatic heterocycles. The Morgan fingerprint density at radius 1 is 1.19 bits per heavy atom. The maximum Gasteiger partial charge on any atom is 0.243 e. The van der Waals surface area contributed by atoms with E-state index in [-0.39, 0.29) is 18.4 Å². The van der Waals surface area contributed by atoms with Crippen molar-refractivity contribution in [2.24, 2.45) is 0 Å². The van der Waals surface area contributed by atoms with Crippen LogP contribution in [0.25, 0.3) is 0 Å². The van der Waals surface area contributed by atoms with Crippen molar-refractivity contribution < 1.29 is 14.3 Å². The van der Waals surface area contributed by atoms with Gasteiger partial charge in [-0.05, 0) is 37.1 Å². The molecule has 1 aliphatic carbocycles. The molecule has 1 aromatic carbocycles. The summed E-state index contributed by atoms with van der Waals surface area (Å²) in [6.45, 7) is 3.35. The normalized spacial score (nSPS) is 17.7. The van der Waals surface area contributed by atoms with Crippen LogP contribution in [0.3, 0.4) is 0 Å². The van der Waals surface area contributed by atoms with Crippen molar-refractivity contribution in [2.45, 2.75) is 30.9 Å². The number of nitrogens with zero attached hydrogens (tertiary/aromatic N) is 2. The minimum absolute atomic E-state index is 0.0183. The molecule has 148 valence electrons. The van der Waals surface area contributed by atoms with Crippen LogP contribution in [-0.4, -0.2) is 67.6 Å². The molecular formula is C20H29N3O3S. The first-order valence-electron chi connectivity index (χ1n) is 9.70. The summed E-state index contributed by atoms with van der Waals surface area (Å²) < 4.78 is 5.37. The SMILES string of the molecule is CN(CC(=O)Nc1ccc(N2CCOCC2)cc1)C(=O)CSC1CCCC1. The lowest BCUT2D eigenvalue weighted by Crippen LogP contribution is -2.36. The Morgan fingerprint density at radius 2 is 1.85 bits per heavy atom. The number of amides is 2. The summed E-state index contributed by atoms with van der Waals surface area (Å²) in [7, 11) is 1.69. The van der Waals surface area contributed by atoms with E-state index < -0.39 is 0 Å². The summed E-state index contributed by atoms with van der Waals surface area (Å²) in [5.41, 5.74) is 1.88. The van der Waals surface area contributed by atoms with Crippen LogP contribution in [0.2, 0.25) is 0 Å². The standard InChI is InChI=1S/C20H29N3O3S/c1-22(20(25)15-27-18-4-2-3-5-18)14-19(24)21-16-6-8-17(9-7-16)23-10-12-26-13-11-23/h6-9,18H,2-5,10-15H2,1H3,(H,21,24). The number of carbonyl (C=O) groups is 2. The van der Waals surface area contributed by atoms with Gasteiger partial charge in [0.2, 0.25) is 11.8 Å². The average Bonchev–Trinajstić information content (AvgIpc) is 3.21. The second-order valence-corrected chi connectivity index (χ2v) is 8.45. The van der Waals surface area contributed by atoms with Crippen LogP contribution in [0.5, 0.6) is 0 Å². The van der Waals surface area contributed by atoms with Crippen molar-refractivity contribution in [1.29, 1.82) is 0 Å². The lowest BCUT2D eigenvalue weighted by molar-refractivity contribution is -0.131. The van der Waals surface area contributed by atoms with Gasteiger partial charge in [0.25, 0.3) is 0 Å². The average molecular weight is 392 g/mol. The first-order valence-corrected chi connectivity index (χ1v) is 10.7. The highest BCUT2D eigenvalue weighted by atomic mass is 32.2. The Morgan fingerprint density at radius 3 is 2.52 bits per heavy atom. The Hall–Kier alpha value is -1.73. The highest BCUT2D eigenvalue weighted by Crippen LogP contribution is 2.29. The number of hydrogen-bond donors (Lipinski definition) is 1. The number of thioether (sulfide) groups is 1. The molecule has 1 N–H and O–H groups in total. The summed E-state index contributed by atoms with van der Waals surface area (Å²) >= 11 is 1.73. The molecule has 0 unspecified atom stereocenters. The third kappa shape index (κ3) is 6.14. The molecule has 1 aromatic rings. The van der Waals surface area contributed by atoms with E-state index in [0.29, 0.717) is 11.0 Å². The number of morpholine rings is 1. The van der Waals surface area contributed by atoms with E-state index in [4.69, 9.17) is 4.74 Å². The number of benzene rings is 1. The van der Waals surface area contributed by atoms with Gasteiger partial charge in [-0.3, -0.25) is 9.59 Å². The first kappa shape index (κ1) is 20.0. The van der Waals surface area contributed by atoms with E-state index in [2.05, 4.69) is 10.2 Å². The molecule has 2 aliphatic rings. The van der Waals surface area contributed by atoms with Crippen LogP contribution in [0.1, 0.15) is 25.7 Å². The van der Waals surface area contributed by atoms with Gasteiger partial charge in [0.05, 0.1) is 25.5 Å². The smallest absolute Gasteiger partial charge is 0.243 e. The molecule has 0 atom stereocenters. The van der Waals surface area contributed by atoms with Crippen molar-refractivity contribution >= 4 is 35.0 Å². The first-order chi connectivity index (χ1) is 13.1. The summed E-state index contributed by atoms with van der Waals surface area (Å²) in [5.74, 6) is 0.309. The Labute approximate surface area is 165 Å². The van der Waals surface area contributed by atoms with Crippen LogP contribution < -0.4 is 10.2 Å². The number of nitrogens with one attached hydrogen (secondary N) is 1. The van der Waals surface area contributed by atoms with Crippen LogP contribution in [0, 0.1) is 0 Å². The highest BCUT2D eigenvalue weighted by molar-refractivity contribution is 8.00. The number of hydrogen-bond acceptors (Lipinski definition) is 5. The Kier molecular flexibility index (Phi) is 7.41. The van der Waals surface area contributed by atoms with Crippen molar-refractivity contribution in [3.63, 3.8) is 0 Å². The maximum absolute atomic E-state index is 12.2. The third-order valence-electron chi connectivity index (χ3n) is 5.08. The van der Waals surface area contributed by atoms with Crippen LogP contribution in [-0.2, 0) is 14.3 Å².